The largest absolute Gasteiger partial charge is 0.313 e. The Kier molecular flexibility index (Phi) is 4.68. The second-order valence-corrected chi connectivity index (χ2v) is 4.18. The fourth-order valence-corrected chi connectivity index (χ4v) is 1.92. The number of benzene rings is 1. The number of nitrogens with zero attached hydrogens (tertiary/aromatic N) is 1. The zero-order chi connectivity index (χ0) is 12.6. The van der Waals surface area contributed by atoms with Crippen molar-refractivity contribution < 1.29 is 0 Å². The van der Waals surface area contributed by atoms with Crippen molar-refractivity contribution in [1.82, 2.24) is 10.3 Å². The lowest BCUT2D eigenvalue weighted by molar-refractivity contribution is 0.604. The van der Waals surface area contributed by atoms with E-state index in [1.807, 2.05) is 25.4 Å². The van der Waals surface area contributed by atoms with E-state index in [1.54, 1.807) is 6.20 Å². The third-order valence-corrected chi connectivity index (χ3v) is 2.92. The number of hydrogen-bond acceptors (Lipinski definition) is 2. The first kappa shape index (κ1) is 12.5. The Morgan fingerprint density at radius 2 is 2.00 bits per heavy atom. The van der Waals surface area contributed by atoms with Gasteiger partial charge < -0.3 is 5.32 Å². The Morgan fingerprint density at radius 1 is 1.17 bits per heavy atom. The summed E-state index contributed by atoms with van der Waals surface area (Å²) in [4.78, 5) is 4.09. The van der Waals surface area contributed by atoms with Crippen molar-refractivity contribution in [2.45, 2.75) is 12.5 Å². The van der Waals surface area contributed by atoms with Crippen molar-refractivity contribution in [2.75, 3.05) is 7.05 Å². The zero-order valence-corrected chi connectivity index (χ0v) is 10.6. The summed E-state index contributed by atoms with van der Waals surface area (Å²) in [5, 5.41) is 3.34. The molecule has 0 fully saturated rings. The van der Waals surface area contributed by atoms with Crippen LogP contribution in [0.5, 0.6) is 0 Å². The van der Waals surface area contributed by atoms with Crippen LogP contribution in [0, 0.1) is 0 Å². The molecule has 1 aromatic heterocycles. The standard InChI is InChI=1S/C16H18N2/c1-17-16(15-9-3-2-4-10-15)11-5-7-14-8-6-12-18-13-14/h2-10,12-13,16-17H,11H2,1H3. The van der Waals surface area contributed by atoms with Gasteiger partial charge in [-0.2, -0.15) is 0 Å². The van der Waals surface area contributed by atoms with E-state index in [4.69, 9.17) is 0 Å². The highest BCUT2D eigenvalue weighted by Crippen LogP contribution is 2.16. The molecule has 2 nitrogen and oxygen atoms in total. The van der Waals surface area contributed by atoms with Gasteiger partial charge in [0, 0.05) is 18.4 Å². The molecule has 0 aliphatic rings. The van der Waals surface area contributed by atoms with Gasteiger partial charge in [0.2, 0.25) is 0 Å². The molecule has 2 rings (SSSR count). The Hall–Kier alpha value is -1.93. The third-order valence-electron chi connectivity index (χ3n) is 2.92. The Bertz CT molecular complexity index is 477. The first-order chi connectivity index (χ1) is 8.90. The van der Waals surface area contributed by atoms with Gasteiger partial charge in [-0.25, -0.2) is 0 Å². The highest BCUT2D eigenvalue weighted by molar-refractivity contribution is 5.47. The molecule has 0 aliphatic heterocycles. The molecule has 0 saturated heterocycles. The first-order valence-electron chi connectivity index (χ1n) is 6.19. The minimum Gasteiger partial charge on any atom is -0.313 e. The van der Waals surface area contributed by atoms with Crippen molar-refractivity contribution >= 4 is 6.08 Å². The predicted octanol–water partition coefficient (Wildman–Crippen LogP) is 3.45. The first-order valence-corrected chi connectivity index (χ1v) is 6.19. The molecular formula is C16H18N2. The van der Waals surface area contributed by atoms with Crippen LogP contribution in [0.1, 0.15) is 23.6 Å². The maximum atomic E-state index is 4.09. The number of nitrogens with one attached hydrogen (secondary N) is 1. The lowest BCUT2D eigenvalue weighted by Gasteiger charge is -2.14. The van der Waals surface area contributed by atoms with E-state index in [0.717, 1.165) is 12.0 Å². The molecule has 1 unspecified atom stereocenters. The summed E-state index contributed by atoms with van der Waals surface area (Å²) in [7, 11) is 2.00. The van der Waals surface area contributed by atoms with Crippen LogP contribution in [0.4, 0.5) is 0 Å². The molecule has 92 valence electrons. The summed E-state index contributed by atoms with van der Waals surface area (Å²) >= 11 is 0. The van der Waals surface area contributed by atoms with Crippen molar-refractivity contribution in [3.8, 4) is 0 Å². The molecule has 0 bridgehead atoms. The van der Waals surface area contributed by atoms with Gasteiger partial charge in [-0.1, -0.05) is 48.6 Å². The quantitative estimate of drug-likeness (QED) is 0.863. The number of rotatable bonds is 5. The molecular weight excluding hydrogens is 220 g/mol. The van der Waals surface area contributed by atoms with E-state index < -0.39 is 0 Å². The van der Waals surface area contributed by atoms with Crippen LogP contribution in [-0.4, -0.2) is 12.0 Å². The summed E-state index contributed by atoms with van der Waals surface area (Å²) in [6.45, 7) is 0. The number of aromatic nitrogens is 1. The molecule has 18 heavy (non-hydrogen) atoms. The summed E-state index contributed by atoms with van der Waals surface area (Å²) < 4.78 is 0. The van der Waals surface area contributed by atoms with Crippen LogP contribution < -0.4 is 5.32 Å². The molecule has 1 aromatic carbocycles. The molecule has 0 radical (unpaired) electrons. The zero-order valence-electron chi connectivity index (χ0n) is 10.6. The van der Waals surface area contributed by atoms with E-state index in [1.165, 1.54) is 5.56 Å². The average Bonchev–Trinajstić information content (AvgIpc) is 2.46. The van der Waals surface area contributed by atoms with Crippen LogP contribution in [0.3, 0.4) is 0 Å². The van der Waals surface area contributed by atoms with Crippen LogP contribution in [0.25, 0.3) is 6.08 Å². The van der Waals surface area contributed by atoms with Gasteiger partial charge in [-0.3, -0.25) is 4.98 Å². The van der Waals surface area contributed by atoms with Crippen molar-refractivity contribution in [3.63, 3.8) is 0 Å². The van der Waals surface area contributed by atoms with Crippen molar-refractivity contribution in [3.05, 3.63) is 72.1 Å². The van der Waals surface area contributed by atoms with Gasteiger partial charge in [0.15, 0.2) is 0 Å². The van der Waals surface area contributed by atoms with Crippen molar-refractivity contribution in [1.29, 1.82) is 0 Å². The molecule has 2 aromatic rings. The molecule has 1 atom stereocenters. The lowest BCUT2D eigenvalue weighted by Crippen LogP contribution is -2.15. The molecule has 0 aliphatic carbocycles. The molecule has 1 N–H and O–H groups in total. The Labute approximate surface area is 108 Å². The maximum Gasteiger partial charge on any atom is 0.0352 e. The van der Waals surface area contributed by atoms with E-state index >= 15 is 0 Å². The highest BCUT2D eigenvalue weighted by Gasteiger charge is 2.05. The average molecular weight is 238 g/mol. The lowest BCUT2D eigenvalue weighted by atomic mass is 10.0. The molecule has 0 spiro atoms. The Balaban J connectivity index is 1.98. The van der Waals surface area contributed by atoms with Crippen LogP contribution in [0.15, 0.2) is 60.9 Å². The van der Waals surface area contributed by atoms with Crippen LogP contribution in [-0.2, 0) is 0 Å². The fraction of sp³-hybridized carbons (Fsp3) is 0.188. The van der Waals surface area contributed by atoms with Gasteiger partial charge in [-0.05, 0) is 30.7 Å². The van der Waals surface area contributed by atoms with Gasteiger partial charge in [0.25, 0.3) is 0 Å². The second kappa shape index (κ2) is 6.72. The minimum atomic E-state index is 0.360. The SMILES string of the molecule is CNC(CC=Cc1cccnc1)c1ccccc1. The molecule has 0 amide bonds. The monoisotopic (exact) mass is 238 g/mol. The van der Waals surface area contributed by atoms with Gasteiger partial charge in [0.1, 0.15) is 0 Å². The maximum absolute atomic E-state index is 4.09. The summed E-state index contributed by atoms with van der Waals surface area (Å²) in [6, 6.07) is 14.9. The molecule has 0 saturated carbocycles. The van der Waals surface area contributed by atoms with E-state index in [-0.39, 0.29) is 0 Å². The topological polar surface area (TPSA) is 24.9 Å². The van der Waals surface area contributed by atoms with Crippen LogP contribution in [0.2, 0.25) is 0 Å². The summed E-state index contributed by atoms with van der Waals surface area (Å²) in [5.41, 5.74) is 2.45. The van der Waals surface area contributed by atoms with E-state index in [0.29, 0.717) is 6.04 Å². The summed E-state index contributed by atoms with van der Waals surface area (Å²) in [5.74, 6) is 0. The van der Waals surface area contributed by atoms with Crippen molar-refractivity contribution in [2.24, 2.45) is 0 Å². The van der Waals surface area contributed by atoms with Crippen LogP contribution >= 0.6 is 0 Å². The predicted molar refractivity (Wildman–Crippen MR) is 76.1 cm³/mol. The minimum absolute atomic E-state index is 0.360. The number of pyridine rings is 1. The number of hydrogen-bond donors (Lipinski definition) is 1. The Morgan fingerprint density at radius 3 is 2.67 bits per heavy atom. The smallest absolute Gasteiger partial charge is 0.0352 e. The van der Waals surface area contributed by atoms with E-state index in [9.17, 15) is 0 Å². The summed E-state index contributed by atoms with van der Waals surface area (Å²) in [6.07, 6.45) is 8.92. The molecule has 1 heterocycles. The van der Waals surface area contributed by atoms with E-state index in [2.05, 4.69) is 52.8 Å². The van der Waals surface area contributed by atoms with Gasteiger partial charge in [0.05, 0.1) is 0 Å². The highest BCUT2D eigenvalue weighted by atomic mass is 14.9. The molecule has 2 heteroatoms. The third kappa shape index (κ3) is 3.54. The normalized spacial score (nSPS) is 12.7. The second-order valence-electron chi connectivity index (χ2n) is 4.18. The van der Waals surface area contributed by atoms with Gasteiger partial charge >= 0.3 is 0 Å². The van der Waals surface area contributed by atoms with Gasteiger partial charge in [-0.15, -0.1) is 0 Å². The fourth-order valence-electron chi connectivity index (χ4n) is 1.92.